The van der Waals surface area contributed by atoms with Gasteiger partial charge in [-0.15, -0.1) is 0 Å². The summed E-state index contributed by atoms with van der Waals surface area (Å²) in [5.74, 6) is 0.789. The summed E-state index contributed by atoms with van der Waals surface area (Å²) in [5, 5.41) is 16.5. The lowest BCUT2D eigenvalue weighted by Crippen LogP contribution is -2.08. The third kappa shape index (κ3) is 2.52. The van der Waals surface area contributed by atoms with E-state index in [1.54, 1.807) is 12.1 Å². The summed E-state index contributed by atoms with van der Waals surface area (Å²) in [7, 11) is 0. The molecule has 0 radical (unpaired) electrons. The van der Waals surface area contributed by atoms with Crippen molar-refractivity contribution in [2.24, 2.45) is 0 Å². The Labute approximate surface area is 112 Å². The highest BCUT2D eigenvalue weighted by Gasteiger charge is 2.14. The summed E-state index contributed by atoms with van der Waals surface area (Å²) >= 11 is 0. The number of hydrogen-bond donors (Lipinski definition) is 2. The van der Waals surface area contributed by atoms with E-state index < -0.39 is 0 Å². The molecule has 0 aliphatic rings. The molecule has 0 aliphatic heterocycles. The minimum absolute atomic E-state index is 0.219. The normalized spacial score (nSPS) is 10.5. The van der Waals surface area contributed by atoms with Crippen molar-refractivity contribution in [3.8, 4) is 6.07 Å². The van der Waals surface area contributed by atoms with Gasteiger partial charge in [0.05, 0.1) is 23.0 Å². The SMILES string of the molecule is Cc1nn(C(C)C)c(Nc2ccc(C#N)cc2)c1N. The first-order valence-electron chi connectivity index (χ1n) is 6.14. The number of anilines is 3. The highest BCUT2D eigenvalue weighted by Crippen LogP contribution is 2.28. The number of aromatic nitrogens is 2. The lowest BCUT2D eigenvalue weighted by Gasteiger charge is -2.13. The van der Waals surface area contributed by atoms with Crippen LogP contribution in [-0.4, -0.2) is 9.78 Å². The lowest BCUT2D eigenvalue weighted by molar-refractivity contribution is 0.536. The van der Waals surface area contributed by atoms with Crippen molar-refractivity contribution in [2.45, 2.75) is 26.8 Å². The Bertz CT molecular complexity index is 617. The number of benzene rings is 1. The minimum Gasteiger partial charge on any atom is -0.394 e. The van der Waals surface area contributed by atoms with E-state index in [0.29, 0.717) is 11.3 Å². The maximum Gasteiger partial charge on any atom is 0.152 e. The van der Waals surface area contributed by atoms with Crippen molar-refractivity contribution < 1.29 is 0 Å². The molecule has 2 rings (SSSR count). The van der Waals surface area contributed by atoms with Gasteiger partial charge < -0.3 is 11.1 Å². The molecule has 19 heavy (non-hydrogen) atoms. The summed E-state index contributed by atoms with van der Waals surface area (Å²) in [5.41, 5.74) is 9.02. The van der Waals surface area contributed by atoms with Crippen LogP contribution in [0.4, 0.5) is 17.2 Å². The average molecular weight is 255 g/mol. The van der Waals surface area contributed by atoms with Crippen LogP contribution in [0.2, 0.25) is 0 Å². The summed E-state index contributed by atoms with van der Waals surface area (Å²) in [6, 6.07) is 9.55. The van der Waals surface area contributed by atoms with Crippen LogP contribution in [0.3, 0.4) is 0 Å². The first-order valence-corrected chi connectivity index (χ1v) is 6.14. The number of nitrogen functional groups attached to an aromatic ring is 1. The second kappa shape index (κ2) is 5.02. The number of hydrogen-bond acceptors (Lipinski definition) is 4. The van der Waals surface area contributed by atoms with Gasteiger partial charge in [-0.2, -0.15) is 10.4 Å². The van der Waals surface area contributed by atoms with Crippen molar-refractivity contribution in [3.63, 3.8) is 0 Å². The molecule has 5 nitrogen and oxygen atoms in total. The maximum atomic E-state index is 8.78. The molecule has 0 atom stereocenters. The largest absolute Gasteiger partial charge is 0.394 e. The fourth-order valence-corrected chi connectivity index (χ4v) is 1.82. The number of rotatable bonds is 3. The predicted octanol–water partition coefficient (Wildman–Crippen LogP) is 2.97. The van der Waals surface area contributed by atoms with E-state index in [1.807, 2.05) is 23.7 Å². The Balaban J connectivity index is 2.34. The number of nitriles is 1. The Morgan fingerprint density at radius 2 is 1.95 bits per heavy atom. The molecule has 98 valence electrons. The van der Waals surface area contributed by atoms with Crippen molar-refractivity contribution in [3.05, 3.63) is 35.5 Å². The Morgan fingerprint density at radius 1 is 1.32 bits per heavy atom. The zero-order valence-corrected chi connectivity index (χ0v) is 11.3. The van der Waals surface area contributed by atoms with E-state index in [-0.39, 0.29) is 6.04 Å². The van der Waals surface area contributed by atoms with Crippen LogP contribution in [-0.2, 0) is 0 Å². The second-order valence-electron chi connectivity index (χ2n) is 4.70. The standard InChI is InChI=1S/C14H17N5/c1-9(2)19-14(13(16)10(3)18-19)17-12-6-4-11(8-15)5-7-12/h4-7,9,17H,16H2,1-3H3. The van der Waals surface area contributed by atoms with Crippen LogP contribution >= 0.6 is 0 Å². The van der Waals surface area contributed by atoms with E-state index in [2.05, 4.69) is 30.3 Å². The second-order valence-corrected chi connectivity index (χ2v) is 4.70. The van der Waals surface area contributed by atoms with Gasteiger partial charge in [0, 0.05) is 11.7 Å². The molecular weight excluding hydrogens is 238 g/mol. The van der Waals surface area contributed by atoms with Crippen LogP contribution in [0.15, 0.2) is 24.3 Å². The Kier molecular flexibility index (Phi) is 3.43. The van der Waals surface area contributed by atoms with Gasteiger partial charge in [0.1, 0.15) is 0 Å². The van der Waals surface area contributed by atoms with Crippen LogP contribution < -0.4 is 11.1 Å². The van der Waals surface area contributed by atoms with E-state index >= 15 is 0 Å². The van der Waals surface area contributed by atoms with Crippen LogP contribution in [0.1, 0.15) is 31.1 Å². The fourth-order valence-electron chi connectivity index (χ4n) is 1.82. The van der Waals surface area contributed by atoms with Gasteiger partial charge in [-0.3, -0.25) is 0 Å². The van der Waals surface area contributed by atoms with Crippen molar-refractivity contribution >= 4 is 17.2 Å². The molecule has 0 saturated heterocycles. The molecule has 1 aromatic carbocycles. The van der Waals surface area contributed by atoms with Crippen LogP contribution in [0.25, 0.3) is 0 Å². The summed E-state index contributed by atoms with van der Waals surface area (Å²) in [6.07, 6.45) is 0. The van der Waals surface area contributed by atoms with Crippen molar-refractivity contribution in [1.29, 1.82) is 5.26 Å². The molecule has 0 aliphatic carbocycles. The Morgan fingerprint density at radius 3 is 2.47 bits per heavy atom. The van der Waals surface area contributed by atoms with Gasteiger partial charge in [-0.25, -0.2) is 4.68 Å². The highest BCUT2D eigenvalue weighted by molar-refractivity contribution is 5.71. The van der Waals surface area contributed by atoms with Crippen LogP contribution in [0.5, 0.6) is 0 Å². The van der Waals surface area contributed by atoms with Gasteiger partial charge >= 0.3 is 0 Å². The molecule has 0 spiro atoms. The topological polar surface area (TPSA) is 79.7 Å². The molecular formula is C14H17N5. The lowest BCUT2D eigenvalue weighted by atomic mass is 10.2. The zero-order valence-electron chi connectivity index (χ0n) is 11.3. The summed E-state index contributed by atoms with van der Waals surface area (Å²) in [4.78, 5) is 0. The molecule has 2 aromatic rings. The smallest absolute Gasteiger partial charge is 0.152 e. The van der Waals surface area contributed by atoms with Gasteiger partial charge in [0.15, 0.2) is 5.82 Å². The first kappa shape index (κ1) is 13.0. The molecule has 0 saturated carbocycles. The summed E-state index contributed by atoms with van der Waals surface area (Å²) < 4.78 is 1.86. The van der Waals surface area contributed by atoms with Crippen molar-refractivity contribution in [1.82, 2.24) is 9.78 Å². The number of nitrogens with zero attached hydrogens (tertiary/aromatic N) is 3. The number of nitrogens with one attached hydrogen (secondary N) is 1. The molecule has 3 N–H and O–H groups in total. The predicted molar refractivity (Wildman–Crippen MR) is 76.2 cm³/mol. The first-order chi connectivity index (χ1) is 9.02. The quantitative estimate of drug-likeness (QED) is 0.883. The molecule has 0 bridgehead atoms. The van der Waals surface area contributed by atoms with E-state index in [0.717, 1.165) is 17.2 Å². The molecule has 5 heteroatoms. The molecule has 0 amide bonds. The maximum absolute atomic E-state index is 8.78. The third-order valence-corrected chi connectivity index (χ3v) is 2.90. The molecule has 0 fully saturated rings. The minimum atomic E-state index is 0.219. The number of nitrogens with two attached hydrogens (primary N) is 1. The molecule has 0 unspecified atom stereocenters. The van der Waals surface area contributed by atoms with Gasteiger partial charge in [-0.1, -0.05) is 0 Å². The molecule has 1 aromatic heterocycles. The Hall–Kier alpha value is -2.48. The van der Waals surface area contributed by atoms with E-state index in [9.17, 15) is 0 Å². The van der Waals surface area contributed by atoms with Gasteiger partial charge in [-0.05, 0) is 45.0 Å². The monoisotopic (exact) mass is 255 g/mol. The zero-order chi connectivity index (χ0) is 14.0. The van der Waals surface area contributed by atoms with Gasteiger partial charge in [0.2, 0.25) is 0 Å². The number of aryl methyl sites for hydroxylation is 1. The highest BCUT2D eigenvalue weighted by atomic mass is 15.4. The fraction of sp³-hybridized carbons (Fsp3) is 0.286. The summed E-state index contributed by atoms with van der Waals surface area (Å²) in [6.45, 7) is 5.99. The van der Waals surface area contributed by atoms with Crippen molar-refractivity contribution in [2.75, 3.05) is 11.1 Å². The van der Waals surface area contributed by atoms with Crippen LogP contribution in [0, 0.1) is 18.3 Å². The van der Waals surface area contributed by atoms with E-state index in [4.69, 9.17) is 11.0 Å². The molecule has 1 heterocycles. The third-order valence-electron chi connectivity index (χ3n) is 2.90. The van der Waals surface area contributed by atoms with Gasteiger partial charge in [0.25, 0.3) is 0 Å². The average Bonchev–Trinajstić information content (AvgIpc) is 2.68. The van der Waals surface area contributed by atoms with E-state index in [1.165, 1.54) is 0 Å².